The molecule has 2 aromatic heterocycles. The minimum atomic E-state index is -0.128. The van der Waals surface area contributed by atoms with Crippen LogP contribution in [0.1, 0.15) is 11.3 Å². The number of benzene rings is 2. The van der Waals surface area contributed by atoms with Gasteiger partial charge in [-0.3, -0.25) is 9.69 Å². The predicted molar refractivity (Wildman–Crippen MR) is 119 cm³/mol. The topological polar surface area (TPSA) is 83.3 Å². The van der Waals surface area contributed by atoms with Gasteiger partial charge in [-0.05, 0) is 42.0 Å². The van der Waals surface area contributed by atoms with Gasteiger partial charge in [0.15, 0.2) is 16.6 Å². The average molecular weight is 452 g/mol. The highest BCUT2D eigenvalue weighted by atomic mass is 32.1. The third kappa shape index (κ3) is 3.71. The summed E-state index contributed by atoms with van der Waals surface area (Å²) in [4.78, 5) is 19.8. The molecule has 1 aliphatic rings. The standard InChI is InChI=1S/C23H20N2O6S/c1-27-17-7-8-18(28-2)22-21(17)24-23(32-22)25(12-15-4-3-9-29-15)20(26)11-14-5-6-16-19(10-14)31-13-30-16/h3-10H,11-13H2,1-2H3. The van der Waals surface area contributed by atoms with Gasteiger partial charge in [-0.1, -0.05) is 17.4 Å². The van der Waals surface area contributed by atoms with Crippen LogP contribution in [0.4, 0.5) is 5.13 Å². The highest BCUT2D eigenvalue weighted by Crippen LogP contribution is 2.40. The van der Waals surface area contributed by atoms with Crippen molar-refractivity contribution in [2.24, 2.45) is 0 Å². The first-order valence-corrected chi connectivity index (χ1v) is 10.7. The minimum Gasteiger partial charge on any atom is -0.495 e. The molecule has 1 aliphatic heterocycles. The van der Waals surface area contributed by atoms with E-state index in [2.05, 4.69) is 0 Å². The Balaban J connectivity index is 1.51. The second-order valence-electron chi connectivity index (χ2n) is 7.07. The van der Waals surface area contributed by atoms with Gasteiger partial charge in [-0.2, -0.15) is 0 Å². The summed E-state index contributed by atoms with van der Waals surface area (Å²) in [6.07, 6.45) is 1.75. The maximum absolute atomic E-state index is 13.4. The number of thiazole rings is 1. The van der Waals surface area contributed by atoms with Crippen molar-refractivity contribution in [3.63, 3.8) is 0 Å². The second kappa shape index (κ2) is 8.43. The fourth-order valence-corrected chi connectivity index (χ4v) is 4.62. The number of aromatic nitrogens is 1. The SMILES string of the molecule is COc1ccc(OC)c2sc(N(Cc3ccco3)C(=O)Cc3ccc4c(c3)OCO4)nc12. The molecule has 0 spiro atoms. The summed E-state index contributed by atoms with van der Waals surface area (Å²) in [5.74, 6) is 3.14. The summed E-state index contributed by atoms with van der Waals surface area (Å²) in [6.45, 7) is 0.438. The summed E-state index contributed by atoms with van der Waals surface area (Å²) in [5, 5.41) is 0.532. The molecule has 0 bridgehead atoms. The highest BCUT2D eigenvalue weighted by Gasteiger charge is 2.24. The van der Waals surface area contributed by atoms with E-state index in [1.165, 1.54) is 11.3 Å². The largest absolute Gasteiger partial charge is 0.495 e. The lowest BCUT2D eigenvalue weighted by molar-refractivity contribution is -0.118. The van der Waals surface area contributed by atoms with Crippen LogP contribution in [0.2, 0.25) is 0 Å². The van der Waals surface area contributed by atoms with Crippen LogP contribution >= 0.6 is 11.3 Å². The molecule has 8 nitrogen and oxygen atoms in total. The van der Waals surface area contributed by atoms with Crippen LogP contribution in [0, 0.1) is 0 Å². The van der Waals surface area contributed by atoms with E-state index in [0.29, 0.717) is 39.4 Å². The van der Waals surface area contributed by atoms with E-state index in [9.17, 15) is 4.79 Å². The number of anilines is 1. The fraction of sp³-hybridized carbons (Fsp3) is 0.217. The Labute approximate surface area is 187 Å². The van der Waals surface area contributed by atoms with E-state index in [0.717, 1.165) is 10.3 Å². The van der Waals surface area contributed by atoms with Crippen LogP contribution < -0.4 is 23.8 Å². The van der Waals surface area contributed by atoms with Crippen LogP contribution in [0.3, 0.4) is 0 Å². The second-order valence-corrected chi connectivity index (χ2v) is 8.05. The molecule has 1 amide bonds. The molecule has 0 atom stereocenters. The number of ether oxygens (including phenoxy) is 4. The molecule has 0 saturated carbocycles. The van der Waals surface area contributed by atoms with Gasteiger partial charge in [0.05, 0.1) is 33.4 Å². The molecule has 32 heavy (non-hydrogen) atoms. The lowest BCUT2D eigenvalue weighted by Gasteiger charge is -2.19. The first-order chi connectivity index (χ1) is 15.7. The molecule has 4 aromatic rings. The third-order valence-corrected chi connectivity index (χ3v) is 6.21. The number of hydrogen-bond donors (Lipinski definition) is 0. The molecule has 0 unspecified atom stereocenters. The number of amides is 1. The maximum atomic E-state index is 13.4. The van der Waals surface area contributed by atoms with Crippen molar-refractivity contribution in [3.05, 3.63) is 60.1 Å². The van der Waals surface area contributed by atoms with Gasteiger partial charge in [-0.25, -0.2) is 4.98 Å². The number of carbonyl (C=O) groups is 1. The molecule has 0 aliphatic carbocycles. The molecular weight excluding hydrogens is 432 g/mol. The zero-order valence-corrected chi connectivity index (χ0v) is 18.3. The van der Waals surface area contributed by atoms with Gasteiger partial charge in [-0.15, -0.1) is 0 Å². The molecular formula is C23H20N2O6S. The first kappa shape index (κ1) is 20.2. The number of rotatable bonds is 7. The normalized spacial score (nSPS) is 12.2. The number of methoxy groups -OCH3 is 2. The summed E-state index contributed by atoms with van der Waals surface area (Å²) >= 11 is 1.37. The highest BCUT2D eigenvalue weighted by molar-refractivity contribution is 7.22. The molecule has 0 fully saturated rings. The van der Waals surface area contributed by atoms with Crippen LogP contribution in [-0.4, -0.2) is 31.9 Å². The van der Waals surface area contributed by atoms with Gasteiger partial charge in [0.25, 0.3) is 0 Å². The third-order valence-electron chi connectivity index (χ3n) is 5.12. The van der Waals surface area contributed by atoms with E-state index >= 15 is 0 Å². The summed E-state index contributed by atoms with van der Waals surface area (Å²) < 4.78 is 28.1. The lowest BCUT2D eigenvalue weighted by atomic mass is 10.1. The summed E-state index contributed by atoms with van der Waals surface area (Å²) in [6, 6.07) is 12.8. The quantitative estimate of drug-likeness (QED) is 0.411. The number of hydrogen-bond acceptors (Lipinski definition) is 8. The van der Waals surface area contributed by atoms with Gasteiger partial charge in [0.2, 0.25) is 12.7 Å². The van der Waals surface area contributed by atoms with E-state index < -0.39 is 0 Å². The Morgan fingerprint density at radius 1 is 1.09 bits per heavy atom. The van der Waals surface area contributed by atoms with Crippen LogP contribution in [-0.2, 0) is 17.8 Å². The van der Waals surface area contributed by atoms with Crippen molar-refractivity contribution in [3.8, 4) is 23.0 Å². The molecule has 5 rings (SSSR count). The summed E-state index contributed by atoms with van der Waals surface area (Å²) in [5.41, 5.74) is 1.46. The average Bonchev–Trinajstić information content (AvgIpc) is 3.56. The maximum Gasteiger partial charge on any atom is 0.233 e. The Morgan fingerprint density at radius 2 is 1.91 bits per heavy atom. The predicted octanol–water partition coefficient (Wildman–Crippen LogP) is 4.41. The van der Waals surface area contributed by atoms with Crippen molar-refractivity contribution < 1.29 is 28.2 Å². The lowest BCUT2D eigenvalue weighted by Crippen LogP contribution is -2.31. The van der Waals surface area contributed by atoms with Crippen molar-refractivity contribution in [1.82, 2.24) is 4.98 Å². The monoisotopic (exact) mass is 452 g/mol. The number of fused-ring (bicyclic) bond motifs is 2. The van der Waals surface area contributed by atoms with Crippen molar-refractivity contribution in [2.45, 2.75) is 13.0 Å². The van der Waals surface area contributed by atoms with Crippen LogP contribution in [0.25, 0.3) is 10.2 Å². The zero-order chi connectivity index (χ0) is 22.1. The van der Waals surface area contributed by atoms with Crippen LogP contribution in [0.5, 0.6) is 23.0 Å². The zero-order valence-electron chi connectivity index (χ0n) is 17.5. The van der Waals surface area contributed by atoms with Gasteiger partial charge in [0.1, 0.15) is 27.5 Å². The smallest absolute Gasteiger partial charge is 0.233 e. The molecule has 0 saturated heterocycles. The molecule has 164 valence electrons. The van der Waals surface area contributed by atoms with E-state index in [4.69, 9.17) is 28.3 Å². The Morgan fingerprint density at radius 3 is 2.69 bits per heavy atom. The molecule has 0 N–H and O–H groups in total. The van der Waals surface area contributed by atoms with E-state index in [-0.39, 0.29) is 25.7 Å². The minimum absolute atomic E-state index is 0.128. The van der Waals surface area contributed by atoms with E-state index in [1.807, 2.05) is 30.3 Å². The van der Waals surface area contributed by atoms with Gasteiger partial charge >= 0.3 is 0 Å². The Hall–Kier alpha value is -3.72. The first-order valence-electron chi connectivity index (χ1n) is 9.89. The van der Waals surface area contributed by atoms with Crippen molar-refractivity contribution in [2.75, 3.05) is 25.9 Å². The van der Waals surface area contributed by atoms with Gasteiger partial charge < -0.3 is 23.4 Å². The van der Waals surface area contributed by atoms with Gasteiger partial charge in [0, 0.05) is 0 Å². The Bertz CT molecular complexity index is 1230. The van der Waals surface area contributed by atoms with Crippen molar-refractivity contribution in [1.29, 1.82) is 0 Å². The number of carbonyl (C=O) groups excluding carboxylic acids is 1. The molecule has 9 heteroatoms. The van der Waals surface area contributed by atoms with E-state index in [1.54, 1.807) is 37.5 Å². The number of furan rings is 1. The molecule has 0 radical (unpaired) electrons. The van der Waals surface area contributed by atoms with Crippen LogP contribution in [0.15, 0.2) is 53.1 Å². The Kier molecular flexibility index (Phi) is 5.32. The fourth-order valence-electron chi connectivity index (χ4n) is 3.53. The van der Waals surface area contributed by atoms with Crippen molar-refractivity contribution >= 4 is 32.6 Å². The summed E-state index contributed by atoms with van der Waals surface area (Å²) in [7, 11) is 3.19. The molecule has 3 heterocycles. The molecule has 2 aromatic carbocycles. The number of nitrogens with zero attached hydrogens (tertiary/aromatic N) is 2.